The summed E-state index contributed by atoms with van der Waals surface area (Å²) in [5, 5.41) is 19.4. The summed E-state index contributed by atoms with van der Waals surface area (Å²) in [6.07, 6.45) is 1.35. The largest absolute Gasteiger partial charge is 0.504 e. The van der Waals surface area contributed by atoms with Gasteiger partial charge < -0.3 is 9.84 Å². The first-order chi connectivity index (χ1) is 11.0. The number of Topliss-reactive ketones (excluding diaryl/α,β-unsaturated/α-hetero) is 1. The quantitative estimate of drug-likeness (QED) is 0.502. The van der Waals surface area contributed by atoms with Gasteiger partial charge in [-0.2, -0.15) is 5.26 Å². The Bertz CT molecular complexity index is 818. The van der Waals surface area contributed by atoms with Crippen LogP contribution in [0.2, 0.25) is 10.0 Å². The molecule has 0 heterocycles. The zero-order valence-corrected chi connectivity index (χ0v) is 13.5. The van der Waals surface area contributed by atoms with Gasteiger partial charge in [0.2, 0.25) is 5.78 Å². The Morgan fingerprint density at radius 3 is 2.43 bits per heavy atom. The molecule has 0 bridgehead atoms. The van der Waals surface area contributed by atoms with Crippen molar-refractivity contribution in [3.8, 4) is 17.6 Å². The highest BCUT2D eigenvalue weighted by Crippen LogP contribution is 2.29. The molecule has 2 aromatic rings. The van der Waals surface area contributed by atoms with Crippen molar-refractivity contribution in [2.45, 2.75) is 0 Å². The highest BCUT2D eigenvalue weighted by Gasteiger charge is 2.19. The predicted molar refractivity (Wildman–Crippen MR) is 89.0 cm³/mol. The highest BCUT2D eigenvalue weighted by molar-refractivity contribution is 6.41. The third-order valence-corrected chi connectivity index (χ3v) is 3.70. The Morgan fingerprint density at radius 2 is 1.91 bits per heavy atom. The van der Waals surface area contributed by atoms with E-state index in [1.807, 2.05) is 6.07 Å². The van der Waals surface area contributed by atoms with E-state index in [1.165, 1.54) is 37.5 Å². The second-order valence-corrected chi connectivity index (χ2v) is 5.34. The lowest BCUT2D eigenvalue weighted by Gasteiger charge is -2.06. The number of rotatable bonds is 4. The number of carbonyl (C=O) groups is 1. The van der Waals surface area contributed by atoms with Crippen molar-refractivity contribution in [1.82, 2.24) is 0 Å². The second kappa shape index (κ2) is 7.19. The Kier molecular flexibility index (Phi) is 5.28. The van der Waals surface area contributed by atoms with Crippen molar-refractivity contribution in [3.05, 3.63) is 63.1 Å². The number of nitrogens with zero attached hydrogens (tertiary/aromatic N) is 1. The fourth-order valence-electron chi connectivity index (χ4n) is 1.96. The van der Waals surface area contributed by atoms with Crippen molar-refractivity contribution in [3.63, 3.8) is 0 Å². The molecule has 23 heavy (non-hydrogen) atoms. The number of ether oxygens (including phenoxy) is 1. The first-order valence-electron chi connectivity index (χ1n) is 6.45. The molecular formula is C17H11Cl2NO3. The number of halogens is 2. The van der Waals surface area contributed by atoms with Crippen molar-refractivity contribution in [1.29, 1.82) is 5.26 Å². The molecule has 0 aliphatic carbocycles. The van der Waals surface area contributed by atoms with E-state index < -0.39 is 5.78 Å². The summed E-state index contributed by atoms with van der Waals surface area (Å²) >= 11 is 12.0. The van der Waals surface area contributed by atoms with E-state index in [-0.39, 0.29) is 26.9 Å². The number of phenolic OH excluding ortho intramolecular Hbond substituents is 1. The molecule has 0 fully saturated rings. The standard InChI is InChI=1S/C17H11Cl2NO3/c1-23-15-6-5-10(8-14(15)21)7-11(9-20)17(22)16-12(18)3-2-4-13(16)19/h2-8,21H,1H3/b11-7+. The van der Waals surface area contributed by atoms with E-state index in [0.29, 0.717) is 11.3 Å². The molecule has 2 aromatic carbocycles. The van der Waals surface area contributed by atoms with E-state index in [4.69, 9.17) is 27.9 Å². The van der Waals surface area contributed by atoms with Gasteiger partial charge >= 0.3 is 0 Å². The van der Waals surface area contributed by atoms with Crippen LogP contribution < -0.4 is 4.74 Å². The van der Waals surface area contributed by atoms with Gasteiger partial charge in [0.15, 0.2) is 11.5 Å². The lowest BCUT2D eigenvalue weighted by molar-refractivity contribution is 0.104. The molecule has 6 heteroatoms. The smallest absolute Gasteiger partial charge is 0.206 e. The highest BCUT2D eigenvalue weighted by atomic mass is 35.5. The monoisotopic (exact) mass is 347 g/mol. The van der Waals surface area contributed by atoms with Crippen LogP contribution in [-0.2, 0) is 0 Å². The molecule has 0 saturated carbocycles. The van der Waals surface area contributed by atoms with Gasteiger partial charge in [0, 0.05) is 0 Å². The molecule has 0 aliphatic rings. The summed E-state index contributed by atoms with van der Waals surface area (Å²) < 4.78 is 4.94. The van der Waals surface area contributed by atoms with E-state index >= 15 is 0 Å². The minimum absolute atomic E-state index is 0.0707. The van der Waals surface area contributed by atoms with Crippen LogP contribution in [0.1, 0.15) is 15.9 Å². The van der Waals surface area contributed by atoms with Gasteiger partial charge in [-0.3, -0.25) is 4.79 Å². The van der Waals surface area contributed by atoms with Crippen LogP contribution >= 0.6 is 23.2 Å². The number of phenols is 1. The summed E-state index contributed by atoms with van der Waals surface area (Å²) in [6.45, 7) is 0. The van der Waals surface area contributed by atoms with E-state index in [0.717, 1.165) is 0 Å². The van der Waals surface area contributed by atoms with Crippen molar-refractivity contribution in [2.24, 2.45) is 0 Å². The fraction of sp³-hybridized carbons (Fsp3) is 0.0588. The summed E-state index contributed by atoms with van der Waals surface area (Å²) in [5.41, 5.74) is 0.391. The third-order valence-electron chi connectivity index (χ3n) is 3.07. The van der Waals surface area contributed by atoms with Crippen LogP contribution in [0.25, 0.3) is 6.08 Å². The van der Waals surface area contributed by atoms with Crippen molar-refractivity contribution < 1.29 is 14.6 Å². The summed E-state index contributed by atoms with van der Waals surface area (Å²) in [7, 11) is 1.42. The maximum atomic E-state index is 12.5. The molecule has 2 rings (SSSR count). The van der Waals surface area contributed by atoms with Crippen molar-refractivity contribution >= 4 is 35.1 Å². The average molecular weight is 348 g/mol. The fourth-order valence-corrected chi connectivity index (χ4v) is 2.53. The molecule has 0 saturated heterocycles. The van der Waals surface area contributed by atoms with Gasteiger partial charge in [0.05, 0.1) is 22.7 Å². The minimum Gasteiger partial charge on any atom is -0.504 e. The van der Waals surface area contributed by atoms with Gasteiger partial charge in [-0.25, -0.2) is 0 Å². The van der Waals surface area contributed by atoms with Crippen LogP contribution in [0.15, 0.2) is 42.0 Å². The number of aromatic hydroxyl groups is 1. The van der Waals surface area contributed by atoms with Crippen molar-refractivity contribution in [2.75, 3.05) is 7.11 Å². The number of hydrogen-bond donors (Lipinski definition) is 1. The van der Waals surface area contributed by atoms with Gasteiger partial charge in [0.25, 0.3) is 0 Å². The lowest BCUT2D eigenvalue weighted by atomic mass is 10.0. The number of benzene rings is 2. The van der Waals surface area contributed by atoms with Gasteiger partial charge in [-0.15, -0.1) is 0 Å². The summed E-state index contributed by atoms with van der Waals surface area (Å²) in [4.78, 5) is 12.5. The Balaban J connectivity index is 2.45. The van der Waals surface area contributed by atoms with Gasteiger partial charge in [-0.1, -0.05) is 35.3 Å². The Labute approximate surface area is 143 Å². The molecular weight excluding hydrogens is 337 g/mol. The van der Waals surface area contributed by atoms with Gasteiger partial charge in [-0.05, 0) is 35.9 Å². The predicted octanol–water partition coefficient (Wildman–Crippen LogP) is 4.50. The second-order valence-electron chi connectivity index (χ2n) is 4.53. The summed E-state index contributed by atoms with van der Waals surface area (Å²) in [6, 6.07) is 11.0. The molecule has 0 spiro atoms. The maximum Gasteiger partial charge on any atom is 0.206 e. The number of carbonyl (C=O) groups excluding carboxylic acids is 1. The molecule has 0 unspecified atom stereocenters. The number of methoxy groups -OCH3 is 1. The molecule has 0 radical (unpaired) electrons. The lowest BCUT2D eigenvalue weighted by Crippen LogP contribution is -2.04. The summed E-state index contributed by atoms with van der Waals surface area (Å²) in [5.74, 6) is -0.388. The first kappa shape index (κ1) is 16.9. The van der Waals surface area contributed by atoms with E-state index in [2.05, 4.69) is 0 Å². The SMILES string of the molecule is COc1ccc(/C=C(\C#N)C(=O)c2c(Cl)cccc2Cl)cc1O. The van der Waals surface area contributed by atoms with E-state index in [1.54, 1.807) is 12.1 Å². The molecule has 116 valence electrons. The molecule has 0 atom stereocenters. The Hall–Kier alpha value is -2.48. The Morgan fingerprint density at radius 1 is 1.26 bits per heavy atom. The molecule has 0 amide bonds. The number of ketones is 1. The third kappa shape index (κ3) is 3.65. The molecule has 0 aromatic heterocycles. The minimum atomic E-state index is -0.585. The molecule has 0 aliphatic heterocycles. The van der Waals surface area contributed by atoms with Crippen LogP contribution in [-0.4, -0.2) is 18.0 Å². The molecule has 1 N–H and O–H groups in total. The van der Waals surface area contributed by atoms with Gasteiger partial charge in [0.1, 0.15) is 11.6 Å². The van der Waals surface area contributed by atoms with Crippen LogP contribution in [0.5, 0.6) is 11.5 Å². The first-order valence-corrected chi connectivity index (χ1v) is 7.21. The number of nitriles is 1. The van der Waals surface area contributed by atoms with Crippen LogP contribution in [0.3, 0.4) is 0 Å². The number of allylic oxidation sites excluding steroid dienone is 1. The number of hydrogen-bond acceptors (Lipinski definition) is 4. The normalized spacial score (nSPS) is 11.0. The zero-order chi connectivity index (χ0) is 17.0. The topological polar surface area (TPSA) is 70.3 Å². The zero-order valence-electron chi connectivity index (χ0n) is 12.0. The van der Waals surface area contributed by atoms with Crippen LogP contribution in [0, 0.1) is 11.3 Å². The van der Waals surface area contributed by atoms with Crippen LogP contribution in [0.4, 0.5) is 0 Å². The van der Waals surface area contributed by atoms with E-state index in [9.17, 15) is 15.2 Å². The average Bonchev–Trinajstić information content (AvgIpc) is 2.52. The molecule has 4 nitrogen and oxygen atoms in total. The maximum absolute atomic E-state index is 12.5.